The predicted octanol–water partition coefficient (Wildman–Crippen LogP) is 9.70. The van der Waals surface area contributed by atoms with Crippen LogP contribution in [0.15, 0.2) is 103 Å². The second-order valence-corrected chi connectivity index (χ2v) is 16.4. The summed E-state index contributed by atoms with van der Waals surface area (Å²) in [6, 6.07) is 22.6. The molecule has 4 rings (SSSR count). The lowest BCUT2D eigenvalue weighted by Gasteiger charge is -2.49. The van der Waals surface area contributed by atoms with Crippen LogP contribution in [0.25, 0.3) is 0 Å². The highest BCUT2D eigenvalue weighted by molar-refractivity contribution is 5.91. The normalized spacial score (nSPS) is 19.9. The minimum Gasteiger partial charge on any atom is -0.452 e. The second-order valence-electron chi connectivity index (χ2n) is 16.4. The summed E-state index contributed by atoms with van der Waals surface area (Å²) in [6.07, 6.45) is 3.06. The Balaban J connectivity index is 1.79. The van der Waals surface area contributed by atoms with Gasteiger partial charge in [0.1, 0.15) is 18.8 Å². The molecule has 3 N–H and O–H groups in total. The quantitative estimate of drug-likeness (QED) is 0.0267. The van der Waals surface area contributed by atoms with Crippen molar-refractivity contribution in [2.45, 2.75) is 147 Å². The zero-order valence-corrected chi connectivity index (χ0v) is 38.6. The van der Waals surface area contributed by atoms with Gasteiger partial charge in [-0.3, -0.25) is 4.79 Å². The molecule has 1 heterocycles. The highest BCUT2D eigenvalue weighted by atomic mass is 16.8. The van der Waals surface area contributed by atoms with Crippen LogP contribution in [-0.4, -0.2) is 102 Å². The third kappa shape index (κ3) is 18.2. The highest BCUT2D eigenvalue weighted by Gasteiger charge is 2.60. The Bertz CT molecular complexity index is 2010. The summed E-state index contributed by atoms with van der Waals surface area (Å²) in [7, 11) is 0. The molecule has 1 aliphatic heterocycles. The van der Waals surface area contributed by atoms with Crippen molar-refractivity contribution >= 4 is 36.1 Å². The SMILES string of the molecule is CCCCCC/C=C/[C@@H](OC(=O)c1ccccc1)[C@H](CO[C@@]1(C)O[C@H](COC(=O)O)[C@H](OC(=O)O)[C@H](OC(=O)c2ccccc2)[C@H]1OC(=O)c1ccccc1)NC(=O)CCCCCCCCC. The standard InChI is InChI=1S/C51H65NO15/c1-4-6-8-10-12-14-25-33-42(53)52-39(40(32-24-13-11-9-7-5-2)63-46(54)36-26-18-15-19-27-36)34-62-51(3)45(66-48(56)38-30-22-17-23-31-38)44(64-47(55)37-28-20-16-21-29-37)43(65-50(59)60)41(67-51)35-61-49(57)58/h15-24,26-32,39-41,43-45H,4-14,25,33-35H2,1-3H3,(H,52,53)(H,57,58)(H,59,60)/b32-24+/t39-,40+,41+,43-,44-,45+,51-/m0/s1. The van der Waals surface area contributed by atoms with E-state index in [0.29, 0.717) is 12.8 Å². The van der Waals surface area contributed by atoms with Crippen LogP contribution in [-0.2, 0) is 38.0 Å². The number of carbonyl (C=O) groups is 6. The number of ether oxygens (including phenoxy) is 7. The lowest BCUT2D eigenvalue weighted by molar-refractivity contribution is -0.355. The van der Waals surface area contributed by atoms with Crippen LogP contribution < -0.4 is 5.32 Å². The Hall–Kier alpha value is -6.26. The molecule has 0 aromatic heterocycles. The molecule has 1 saturated heterocycles. The Kier molecular flexibility index (Phi) is 22.9. The average molecular weight is 932 g/mol. The number of benzene rings is 3. The topological polar surface area (TPSA) is 220 Å². The number of rotatable bonds is 28. The minimum absolute atomic E-state index is 0.0328. The van der Waals surface area contributed by atoms with Crippen molar-refractivity contribution in [1.82, 2.24) is 5.32 Å². The average Bonchev–Trinajstić information content (AvgIpc) is 3.32. The number of carbonyl (C=O) groups excluding carboxylic acids is 4. The van der Waals surface area contributed by atoms with Gasteiger partial charge in [-0.05, 0) is 68.7 Å². The summed E-state index contributed by atoms with van der Waals surface area (Å²) in [6.45, 7) is 4.19. The Morgan fingerprint density at radius 1 is 0.657 bits per heavy atom. The molecule has 3 aromatic rings. The minimum atomic E-state index is -2.25. The van der Waals surface area contributed by atoms with Crippen LogP contribution in [0.3, 0.4) is 0 Å². The van der Waals surface area contributed by atoms with Crippen LogP contribution in [0.4, 0.5) is 9.59 Å². The number of carboxylic acid groups (broad SMARTS) is 2. The fourth-order valence-corrected chi connectivity index (χ4v) is 7.54. The predicted molar refractivity (Wildman–Crippen MR) is 245 cm³/mol. The van der Waals surface area contributed by atoms with Crippen molar-refractivity contribution in [2.24, 2.45) is 0 Å². The molecular formula is C51H65NO15. The van der Waals surface area contributed by atoms with Gasteiger partial charge in [-0.25, -0.2) is 24.0 Å². The molecule has 16 heteroatoms. The summed E-state index contributed by atoms with van der Waals surface area (Å²) in [5, 5.41) is 22.4. The van der Waals surface area contributed by atoms with Crippen molar-refractivity contribution < 1.29 is 72.1 Å². The van der Waals surface area contributed by atoms with Crippen molar-refractivity contribution in [3.05, 3.63) is 120 Å². The van der Waals surface area contributed by atoms with Crippen LogP contribution in [0.2, 0.25) is 0 Å². The van der Waals surface area contributed by atoms with Crippen LogP contribution in [0.5, 0.6) is 0 Å². The lowest BCUT2D eigenvalue weighted by atomic mass is 9.92. The van der Waals surface area contributed by atoms with E-state index in [1.807, 2.05) is 6.08 Å². The summed E-state index contributed by atoms with van der Waals surface area (Å²) in [5.74, 6) is -5.25. The zero-order valence-electron chi connectivity index (χ0n) is 38.6. The van der Waals surface area contributed by atoms with E-state index in [4.69, 9.17) is 33.2 Å². The second kappa shape index (κ2) is 28.7. The van der Waals surface area contributed by atoms with Gasteiger partial charge in [0.25, 0.3) is 0 Å². The first-order valence-electron chi connectivity index (χ1n) is 23.2. The number of nitrogens with one attached hydrogen (secondary N) is 1. The van der Waals surface area contributed by atoms with E-state index in [1.54, 1.807) is 72.8 Å². The maximum atomic E-state index is 13.9. The van der Waals surface area contributed by atoms with Crippen LogP contribution in [0.1, 0.15) is 135 Å². The van der Waals surface area contributed by atoms with Crippen molar-refractivity contribution in [3.63, 3.8) is 0 Å². The molecule has 0 radical (unpaired) electrons. The van der Waals surface area contributed by atoms with Crippen molar-refractivity contribution in [3.8, 4) is 0 Å². The van der Waals surface area contributed by atoms with Crippen molar-refractivity contribution in [1.29, 1.82) is 0 Å². The van der Waals surface area contributed by atoms with Crippen LogP contribution >= 0.6 is 0 Å². The van der Waals surface area contributed by atoms with Gasteiger partial charge in [0.05, 0.1) is 29.3 Å². The van der Waals surface area contributed by atoms with E-state index in [0.717, 1.165) is 64.2 Å². The summed E-state index contributed by atoms with van der Waals surface area (Å²) >= 11 is 0. The van der Waals surface area contributed by atoms with E-state index < -0.39 is 85.8 Å². The molecule has 1 fully saturated rings. The fourth-order valence-electron chi connectivity index (χ4n) is 7.54. The molecule has 0 saturated carbocycles. The largest absolute Gasteiger partial charge is 0.506 e. The molecule has 0 spiro atoms. The first-order valence-corrected chi connectivity index (χ1v) is 23.2. The number of esters is 3. The number of hydrogen-bond donors (Lipinski definition) is 3. The maximum absolute atomic E-state index is 13.9. The summed E-state index contributed by atoms with van der Waals surface area (Å²) in [4.78, 5) is 79.2. The van der Waals surface area contributed by atoms with Crippen molar-refractivity contribution in [2.75, 3.05) is 13.2 Å². The summed E-state index contributed by atoms with van der Waals surface area (Å²) < 4.78 is 41.1. The third-order valence-corrected chi connectivity index (χ3v) is 11.1. The molecule has 7 atom stereocenters. The smallest absolute Gasteiger partial charge is 0.452 e. The van der Waals surface area contributed by atoms with E-state index in [-0.39, 0.29) is 29.0 Å². The zero-order chi connectivity index (χ0) is 48.4. The molecule has 1 aliphatic rings. The van der Waals surface area contributed by atoms with E-state index in [1.165, 1.54) is 31.2 Å². The molecule has 16 nitrogen and oxygen atoms in total. The van der Waals surface area contributed by atoms with Gasteiger partial charge in [-0.1, -0.05) is 132 Å². The third-order valence-electron chi connectivity index (χ3n) is 11.1. The van der Waals surface area contributed by atoms with Crippen LogP contribution in [0, 0.1) is 0 Å². The molecular weight excluding hydrogens is 867 g/mol. The molecule has 0 aliphatic carbocycles. The van der Waals surface area contributed by atoms with Gasteiger partial charge in [-0.15, -0.1) is 0 Å². The first kappa shape index (κ1) is 53.4. The molecule has 67 heavy (non-hydrogen) atoms. The van der Waals surface area contributed by atoms with Gasteiger partial charge >= 0.3 is 30.2 Å². The molecule has 1 amide bonds. The van der Waals surface area contributed by atoms with E-state index in [9.17, 15) is 39.0 Å². The Morgan fingerprint density at radius 2 is 1.18 bits per heavy atom. The van der Waals surface area contributed by atoms with Gasteiger partial charge in [-0.2, -0.15) is 0 Å². The maximum Gasteiger partial charge on any atom is 0.506 e. The summed E-state index contributed by atoms with van der Waals surface area (Å²) in [5.41, 5.74) is 0.338. The van der Waals surface area contributed by atoms with Gasteiger partial charge in [0, 0.05) is 6.42 Å². The first-order chi connectivity index (χ1) is 32.3. The van der Waals surface area contributed by atoms with Gasteiger partial charge < -0.3 is 48.7 Å². The van der Waals surface area contributed by atoms with Gasteiger partial charge in [0.15, 0.2) is 18.3 Å². The highest BCUT2D eigenvalue weighted by Crippen LogP contribution is 2.38. The van der Waals surface area contributed by atoms with E-state index >= 15 is 0 Å². The van der Waals surface area contributed by atoms with Gasteiger partial charge in [0.2, 0.25) is 11.7 Å². The molecule has 0 unspecified atom stereocenters. The molecule has 364 valence electrons. The number of amides is 1. The monoisotopic (exact) mass is 931 g/mol. The van der Waals surface area contributed by atoms with E-state index in [2.05, 4.69) is 19.2 Å². The fraction of sp³-hybridized carbons (Fsp3) is 0.490. The number of hydrogen-bond acceptors (Lipinski definition) is 13. The lowest BCUT2D eigenvalue weighted by Crippen LogP contribution is -2.68. The molecule has 0 bridgehead atoms. The Labute approximate surface area is 392 Å². The molecule has 3 aromatic carbocycles. The Morgan fingerprint density at radius 3 is 1.73 bits per heavy atom. The number of allylic oxidation sites excluding steroid dienone is 1. The number of unbranched alkanes of at least 4 members (excludes halogenated alkanes) is 10.